The number of fused-ring (bicyclic) bond motifs is 1. The predicted octanol–water partition coefficient (Wildman–Crippen LogP) is 0.804. The Labute approximate surface area is 116 Å². The lowest BCUT2D eigenvalue weighted by Crippen LogP contribution is -2.44. The maximum Gasteiger partial charge on any atom is 0.282 e. The number of nitrogens with zero attached hydrogens (tertiary/aromatic N) is 2. The smallest absolute Gasteiger partial charge is 0.282 e. The van der Waals surface area contributed by atoms with Gasteiger partial charge in [0.2, 0.25) is 5.72 Å². The molecule has 0 saturated carbocycles. The summed E-state index contributed by atoms with van der Waals surface area (Å²) in [5, 5.41) is 20.2. The lowest BCUT2D eigenvalue weighted by atomic mass is 10.1. The fourth-order valence-corrected chi connectivity index (χ4v) is 3.10. The van der Waals surface area contributed by atoms with Gasteiger partial charge in [0.15, 0.2) is 5.11 Å². The SMILES string of the molecule is O=C1N(Cc2cccc(O)c2)C(=S)N2CCCC12O. The fraction of sp³-hybridized carbons (Fsp3) is 0.385. The van der Waals surface area contributed by atoms with E-state index in [2.05, 4.69) is 0 Å². The molecule has 6 heteroatoms. The van der Waals surface area contributed by atoms with Gasteiger partial charge in [-0.2, -0.15) is 0 Å². The maximum absolute atomic E-state index is 12.3. The third kappa shape index (κ3) is 1.79. The molecular formula is C13H14N2O3S. The number of aromatic hydroxyl groups is 1. The number of phenolic OH excluding ortho intramolecular Hbond substituents is 1. The van der Waals surface area contributed by atoms with Crippen molar-refractivity contribution in [3.05, 3.63) is 29.8 Å². The Morgan fingerprint density at radius 3 is 2.89 bits per heavy atom. The predicted molar refractivity (Wildman–Crippen MR) is 72.1 cm³/mol. The van der Waals surface area contributed by atoms with Crippen LogP contribution in [0.3, 0.4) is 0 Å². The van der Waals surface area contributed by atoms with Crippen molar-refractivity contribution in [3.8, 4) is 5.75 Å². The van der Waals surface area contributed by atoms with Gasteiger partial charge in [-0.1, -0.05) is 12.1 Å². The maximum atomic E-state index is 12.3. The van der Waals surface area contributed by atoms with Crippen molar-refractivity contribution < 1.29 is 15.0 Å². The molecule has 3 rings (SSSR count). The quantitative estimate of drug-likeness (QED) is 0.784. The molecule has 2 aliphatic heterocycles. The van der Waals surface area contributed by atoms with Gasteiger partial charge in [-0.3, -0.25) is 9.69 Å². The molecule has 1 aromatic carbocycles. The summed E-state index contributed by atoms with van der Waals surface area (Å²) in [6.45, 7) is 0.877. The summed E-state index contributed by atoms with van der Waals surface area (Å²) in [6.07, 6.45) is 1.19. The van der Waals surface area contributed by atoms with Gasteiger partial charge in [-0.05, 0) is 36.3 Å². The first-order valence-corrected chi connectivity index (χ1v) is 6.57. The highest BCUT2D eigenvalue weighted by Gasteiger charge is 2.56. The minimum absolute atomic E-state index is 0.147. The molecule has 2 heterocycles. The van der Waals surface area contributed by atoms with E-state index in [4.69, 9.17) is 12.2 Å². The molecule has 2 fully saturated rings. The number of benzene rings is 1. The number of hydrogen-bond donors (Lipinski definition) is 2. The van der Waals surface area contributed by atoms with E-state index in [0.717, 1.165) is 12.0 Å². The zero-order valence-electron chi connectivity index (χ0n) is 10.2. The molecule has 0 spiro atoms. The number of phenols is 1. The summed E-state index contributed by atoms with van der Waals surface area (Å²) in [7, 11) is 0. The second kappa shape index (κ2) is 4.18. The van der Waals surface area contributed by atoms with Crippen molar-refractivity contribution in [2.24, 2.45) is 0 Å². The van der Waals surface area contributed by atoms with E-state index in [9.17, 15) is 15.0 Å². The summed E-state index contributed by atoms with van der Waals surface area (Å²) in [4.78, 5) is 15.3. The molecule has 2 saturated heterocycles. The highest BCUT2D eigenvalue weighted by molar-refractivity contribution is 7.80. The first kappa shape index (κ1) is 12.4. The van der Waals surface area contributed by atoms with Gasteiger partial charge in [-0.25, -0.2) is 0 Å². The van der Waals surface area contributed by atoms with Crippen LogP contribution in [0.2, 0.25) is 0 Å². The van der Waals surface area contributed by atoms with Gasteiger partial charge in [0, 0.05) is 13.0 Å². The number of hydrogen-bond acceptors (Lipinski definition) is 4. The van der Waals surface area contributed by atoms with Gasteiger partial charge in [0.05, 0.1) is 6.54 Å². The van der Waals surface area contributed by atoms with Gasteiger partial charge in [0.1, 0.15) is 5.75 Å². The molecule has 1 amide bonds. The zero-order chi connectivity index (χ0) is 13.6. The number of rotatable bonds is 2. The van der Waals surface area contributed by atoms with E-state index in [-0.39, 0.29) is 18.2 Å². The molecular weight excluding hydrogens is 264 g/mol. The Bertz CT molecular complexity index is 563. The first-order valence-electron chi connectivity index (χ1n) is 6.16. The summed E-state index contributed by atoms with van der Waals surface area (Å²) in [6, 6.07) is 6.68. The monoisotopic (exact) mass is 278 g/mol. The Kier molecular flexibility index (Phi) is 2.72. The molecule has 5 nitrogen and oxygen atoms in total. The standard InChI is InChI=1S/C13H14N2O3S/c16-10-4-1-3-9(7-10)8-14-11(17)13(18)5-2-6-15(13)12(14)19/h1,3-4,7,16,18H,2,5-6,8H2. The van der Waals surface area contributed by atoms with Gasteiger partial charge in [-0.15, -0.1) is 0 Å². The second-order valence-electron chi connectivity index (χ2n) is 4.92. The van der Waals surface area contributed by atoms with E-state index in [1.165, 1.54) is 4.90 Å². The van der Waals surface area contributed by atoms with Crippen molar-refractivity contribution in [1.82, 2.24) is 9.80 Å². The molecule has 2 N–H and O–H groups in total. The average molecular weight is 278 g/mol. The Balaban J connectivity index is 1.87. The Morgan fingerprint density at radius 2 is 2.21 bits per heavy atom. The highest BCUT2D eigenvalue weighted by Crippen LogP contribution is 2.36. The number of carbonyl (C=O) groups excluding carboxylic acids is 1. The number of carbonyl (C=O) groups is 1. The second-order valence-corrected chi connectivity index (χ2v) is 5.28. The highest BCUT2D eigenvalue weighted by atomic mass is 32.1. The van der Waals surface area contributed by atoms with Crippen LogP contribution in [0.4, 0.5) is 0 Å². The zero-order valence-corrected chi connectivity index (χ0v) is 11.1. The summed E-state index contributed by atoms with van der Waals surface area (Å²) >= 11 is 5.27. The van der Waals surface area contributed by atoms with Crippen LogP contribution in [-0.4, -0.2) is 43.3 Å². The van der Waals surface area contributed by atoms with Crippen molar-refractivity contribution in [2.75, 3.05) is 6.54 Å². The van der Waals surface area contributed by atoms with E-state index in [1.807, 2.05) is 6.07 Å². The molecule has 0 aliphatic carbocycles. The van der Waals surface area contributed by atoms with Gasteiger partial charge >= 0.3 is 0 Å². The minimum atomic E-state index is -1.45. The van der Waals surface area contributed by atoms with E-state index in [1.54, 1.807) is 23.1 Å². The van der Waals surface area contributed by atoms with E-state index < -0.39 is 5.72 Å². The molecule has 2 aliphatic rings. The van der Waals surface area contributed by atoms with E-state index in [0.29, 0.717) is 18.1 Å². The topological polar surface area (TPSA) is 64.0 Å². The molecule has 0 radical (unpaired) electrons. The van der Waals surface area contributed by atoms with Crippen LogP contribution >= 0.6 is 12.2 Å². The summed E-state index contributed by atoms with van der Waals surface area (Å²) < 4.78 is 0. The van der Waals surface area contributed by atoms with Crippen LogP contribution < -0.4 is 0 Å². The molecule has 19 heavy (non-hydrogen) atoms. The molecule has 100 valence electrons. The molecule has 1 atom stereocenters. The van der Waals surface area contributed by atoms with Gasteiger partial charge < -0.3 is 15.1 Å². The summed E-state index contributed by atoms with van der Waals surface area (Å²) in [5.41, 5.74) is -0.672. The third-order valence-corrected chi connectivity index (χ3v) is 4.10. The minimum Gasteiger partial charge on any atom is -0.508 e. The Hall–Kier alpha value is -1.66. The van der Waals surface area contributed by atoms with Crippen molar-refractivity contribution >= 4 is 23.2 Å². The fourth-order valence-electron chi connectivity index (χ4n) is 2.71. The van der Waals surface area contributed by atoms with E-state index >= 15 is 0 Å². The Morgan fingerprint density at radius 1 is 1.42 bits per heavy atom. The summed E-state index contributed by atoms with van der Waals surface area (Å²) in [5.74, 6) is -0.215. The van der Waals surface area contributed by atoms with Crippen LogP contribution in [0.5, 0.6) is 5.75 Å². The lowest BCUT2D eigenvalue weighted by Gasteiger charge is -2.22. The molecule has 0 bridgehead atoms. The van der Waals surface area contributed by atoms with Crippen LogP contribution in [0.15, 0.2) is 24.3 Å². The normalized spacial score (nSPS) is 26.2. The lowest BCUT2D eigenvalue weighted by molar-refractivity contribution is -0.150. The van der Waals surface area contributed by atoms with Crippen molar-refractivity contribution in [2.45, 2.75) is 25.1 Å². The van der Waals surface area contributed by atoms with Crippen molar-refractivity contribution in [1.29, 1.82) is 0 Å². The van der Waals surface area contributed by atoms with Crippen LogP contribution in [-0.2, 0) is 11.3 Å². The largest absolute Gasteiger partial charge is 0.508 e. The molecule has 1 unspecified atom stereocenters. The average Bonchev–Trinajstić information content (AvgIpc) is 2.84. The number of aliphatic hydroxyl groups is 1. The van der Waals surface area contributed by atoms with Crippen LogP contribution in [0, 0.1) is 0 Å². The third-order valence-electron chi connectivity index (χ3n) is 3.65. The molecule has 0 aromatic heterocycles. The molecule has 1 aromatic rings. The van der Waals surface area contributed by atoms with Crippen LogP contribution in [0.1, 0.15) is 18.4 Å². The first-order chi connectivity index (χ1) is 9.02. The number of thiocarbonyl (C=S) groups is 1. The number of amides is 1. The van der Waals surface area contributed by atoms with Gasteiger partial charge in [0.25, 0.3) is 5.91 Å². The van der Waals surface area contributed by atoms with Crippen molar-refractivity contribution in [3.63, 3.8) is 0 Å². The van der Waals surface area contributed by atoms with Crippen LogP contribution in [0.25, 0.3) is 0 Å².